The molecule has 3 aliphatic rings. The van der Waals surface area contributed by atoms with Crippen molar-refractivity contribution in [3.05, 3.63) is 54.1 Å². The first-order valence-corrected chi connectivity index (χ1v) is 14.6. The Labute approximate surface area is 235 Å². The Kier molecular flexibility index (Phi) is 7.18. The number of nitrogens with zero attached hydrogens (tertiary/aromatic N) is 7. The first-order valence-electron chi connectivity index (χ1n) is 14.6. The Morgan fingerprint density at radius 2 is 1.88 bits per heavy atom. The van der Waals surface area contributed by atoms with Gasteiger partial charge in [-0.25, -0.2) is 9.97 Å². The predicted octanol–water partition coefficient (Wildman–Crippen LogP) is 4.46. The molecule has 1 saturated carbocycles. The summed E-state index contributed by atoms with van der Waals surface area (Å²) >= 11 is 0. The van der Waals surface area contributed by atoms with E-state index in [0.717, 1.165) is 35.4 Å². The van der Waals surface area contributed by atoms with Crippen LogP contribution in [-0.4, -0.2) is 61.4 Å². The number of para-hydroxylation sites is 1. The number of aryl methyl sites for hydroxylation is 1. The van der Waals surface area contributed by atoms with Gasteiger partial charge in [-0.15, -0.1) is 0 Å². The highest BCUT2D eigenvalue weighted by Crippen LogP contribution is 2.40. The first kappa shape index (κ1) is 26.3. The fourth-order valence-corrected chi connectivity index (χ4v) is 7.02. The second-order valence-corrected chi connectivity index (χ2v) is 11.6. The van der Waals surface area contributed by atoms with E-state index in [0.29, 0.717) is 45.1 Å². The highest BCUT2D eigenvalue weighted by Gasteiger charge is 2.54. The lowest BCUT2D eigenvalue weighted by atomic mass is 9.85. The summed E-state index contributed by atoms with van der Waals surface area (Å²) in [5.74, 6) is 1.05. The molecule has 2 aliphatic heterocycles. The zero-order chi connectivity index (χ0) is 27.7. The van der Waals surface area contributed by atoms with Crippen LogP contribution >= 0.6 is 0 Å². The lowest BCUT2D eigenvalue weighted by Gasteiger charge is -2.43. The Morgan fingerprint density at radius 3 is 2.58 bits per heavy atom. The molecule has 2 saturated heterocycles. The van der Waals surface area contributed by atoms with E-state index in [1.165, 1.54) is 32.1 Å². The molecule has 3 aromatic rings. The van der Waals surface area contributed by atoms with E-state index in [2.05, 4.69) is 43.7 Å². The van der Waals surface area contributed by atoms with Gasteiger partial charge in [-0.1, -0.05) is 50.3 Å². The van der Waals surface area contributed by atoms with Gasteiger partial charge >= 0.3 is 0 Å². The summed E-state index contributed by atoms with van der Waals surface area (Å²) in [5.41, 5.74) is 2.15. The molecule has 1 aliphatic carbocycles. The molecule has 2 amide bonds. The molecule has 0 atom stereocenters. The number of hydrogen-bond acceptors (Lipinski definition) is 6. The van der Waals surface area contributed by atoms with E-state index in [9.17, 15) is 14.9 Å². The molecule has 0 radical (unpaired) electrons. The van der Waals surface area contributed by atoms with Crippen LogP contribution in [0.25, 0.3) is 11.0 Å². The van der Waals surface area contributed by atoms with Gasteiger partial charge in [0.25, 0.3) is 0 Å². The maximum Gasteiger partial charge on any atom is 0.250 e. The van der Waals surface area contributed by atoms with Gasteiger partial charge < -0.3 is 19.3 Å². The van der Waals surface area contributed by atoms with Crippen molar-refractivity contribution >= 4 is 28.5 Å². The lowest BCUT2D eigenvalue weighted by molar-refractivity contribution is -0.137. The van der Waals surface area contributed by atoms with Gasteiger partial charge in [0, 0.05) is 49.5 Å². The predicted molar refractivity (Wildman–Crippen MR) is 152 cm³/mol. The molecular formula is C31H37N7O2. The van der Waals surface area contributed by atoms with Gasteiger partial charge in [-0.05, 0) is 43.4 Å². The molecule has 3 fully saturated rings. The minimum atomic E-state index is -0.667. The van der Waals surface area contributed by atoms with Gasteiger partial charge in [0.2, 0.25) is 17.6 Å². The lowest BCUT2D eigenvalue weighted by Crippen LogP contribution is -2.57. The fraction of sp³-hybridized carbons (Fsp3) is 0.516. The Bertz CT molecular complexity index is 1430. The summed E-state index contributed by atoms with van der Waals surface area (Å²) in [6, 6.07) is 14.3. The number of amides is 2. The van der Waals surface area contributed by atoms with Crippen molar-refractivity contribution in [3.63, 3.8) is 0 Å². The molecule has 1 spiro atoms. The molecule has 40 heavy (non-hydrogen) atoms. The van der Waals surface area contributed by atoms with Crippen LogP contribution in [0.15, 0.2) is 42.6 Å². The highest BCUT2D eigenvalue weighted by molar-refractivity contribution is 5.94. The number of aromatic nitrogens is 3. The van der Waals surface area contributed by atoms with Crippen molar-refractivity contribution < 1.29 is 9.59 Å². The second kappa shape index (κ2) is 10.9. The van der Waals surface area contributed by atoms with Gasteiger partial charge in [-0.2, -0.15) is 5.26 Å². The van der Waals surface area contributed by atoms with Gasteiger partial charge in [0.1, 0.15) is 17.3 Å². The van der Waals surface area contributed by atoms with Crippen LogP contribution in [-0.2, 0) is 22.7 Å². The van der Waals surface area contributed by atoms with Crippen LogP contribution in [0.4, 0.5) is 5.69 Å². The zero-order valence-corrected chi connectivity index (χ0v) is 23.3. The fourth-order valence-electron chi connectivity index (χ4n) is 7.02. The molecular weight excluding hydrogens is 502 g/mol. The largest absolute Gasteiger partial charge is 0.343 e. The average Bonchev–Trinajstić information content (AvgIpc) is 3.46. The van der Waals surface area contributed by atoms with Gasteiger partial charge in [0.05, 0.1) is 13.2 Å². The van der Waals surface area contributed by atoms with Crippen LogP contribution in [0.2, 0.25) is 0 Å². The van der Waals surface area contributed by atoms with Crippen LogP contribution in [0.5, 0.6) is 0 Å². The summed E-state index contributed by atoms with van der Waals surface area (Å²) in [6.45, 7) is 4.52. The van der Waals surface area contributed by atoms with E-state index < -0.39 is 5.54 Å². The monoisotopic (exact) mass is 539 g/mol. The Hall–Kier alpha value is -3.93. The second-order valence-electron chi connectivity index (χ2n) is 11.6. The van der Waals surface area contributed by atoms with E-state index in [1.807, 2.05) is 28.0 Å². The summed E-state index contributed by atoms with van der Waals surface area (Å²) < 4.78 is 2.22. The van der Waals surface area contributed by atoms with Crippen molar-refractivity contribution in [3.8, 4) is 6.07 Å². The highest BCUT2D eigenvalue weighted by atomic mass is 16.2. The van der Waals surface area contributed by atoms with Crippen molar-refractivity contribution in [1.82, 2.24) is 24.3 Å². The molecule has 6 rings (SSSR count). The molecule has 1 aromatic carbocycles. The number of carbonyl (C=O) groups is 2. The number of anilines is 1. The maximum atomic E-state index is 14.3. The van der Waals surface area contributed by atoms with Crippen molar-refractivity contribution in [2.45, 2.75) is 76.9 Å². The van der Waals surface area contributed by atoms with E-state index in [4.69, 9.17) is 0 Å². The molecule has 0 N–H and O–H groups in total. The zero-order valence-electron chi connectivity index (χ0n) is 23.3. The van der Waals surface area contributed by atoms with Gasteiger partial charge in [0.15, 0.2) is 0 Å². The Morgan fingerprint density at radius 1 is 1.12 bits per heavy atom. The SMILES string of the molecule is CC(=O)N1CCC2(CC1)C(=O)N(Cc1cc3cnc(C#N)nc3n1CCC1CCCCC1)CN2c1ccccc1. The smallest absolute Gasteiger partial charge is 0.250 e. The van der Waals surface area contributed by atoms with Crippen LogP contribution in [0, 0.1) is 17.2 Å². The van der Waals surface area contributed by atoms with Crippen molar-refractivity contribution in [2.75, 3.05) is 24.7 Å². The van der Waals surface area contributed by atoms with E-state index >= 15 is 0 Å². The summed E-state index contributed by atoms with van der Waals surface area (Å²) in [6.07, 6.45) is 10.5. The number of likely N-dealkylation sites (tertiary alicyclic amines) is 1. The van der Waals surface area contributed by atoms with E-state index in [-0.39, 0.29) is 17.6 Å². The third kappa shape index (κ3) is 4.80. The van der Waals surface area contributed by atoms with Gasteiger partial charge in [-0.3, -0.25) is 9.59 Å². The number of hydrogen-bond donors (Lipinski definition) is 0. The van der Waals surface area contributed by atoms with Crippen LogP contribution in [0.1, 0.15) is 69.8 Å². The normalized spacial score (nSPS) is 19.5. The third-order valence-electron chi connectivity index (χ3n) is 9.28. The number of fused-ring (bicyclic) bond motifs is 1. The Balaban J connectivity index is 1.32. The maximum absolute atomic E-state index is 14.3. The minimum absolute atomic E-state index is 0.0590. The quantitative estimate of drug-likeness (QED) is 0.459. The third-order valence-corrected chi connectivity index (χ3v) is 9.28. The molecule has 0 unspecified atom stereocenters. The molecule has 0 bridgehead atoms. The number of nitriles is 1. The summed E-state index contributed by atoms with van der Waals surface area (Å²) in [7, 11) is 0. The average molecular weight is 540 g/mol. The molecule has 2 aromatic heterocycles. The van der Waals surface area contributed by atoms with Crippen LogP contribution in [0.3, 0.4) is 0 Å². The standard InChI is InChI=1S/C31H37N7O2/c1-23(39)35-16-13-31(14-17-35)30(40)36(22-38(31)26-10-6-3-7-11-26)21-27-18-25-20-33-28(19-32)34-29(25)37(27)15-12-24-8-4-2-5-9-24/h3,6-7,10-11,18,20,24H,2,4-5,8-9,12-17,21-22H2,1H3. The minimum Gasteiger partial charge on any atom is -0.343 e. The van der Waals surface area contributed by atoms with Crippen molar-refractivity contribution in [1.29, 1.82) is 5.26 Å². The first-order chi connectivity index (χ1) is 19.5. The van der Waals surface area contributed by atoms with Crippen molar-refractivity contribution in [2.24, 2.45) is 5.92 Å². The number of benzene rings is 1. The molecule has 9 heteroatoms. The van der Waals surface area contributed by atoms with E-state index in [1.54, 1.807) is 13.1 Å². The summed E-state index contributed by atoms with van der Waals surface area (Å²) in [5, 5.41) is 10.4. The molecule has 208 valence electrons. The molecule has 4 heterocycles. The number of piperidine rings is 1. The summed E-state index contributed by atoms with van der Waals surface area (Å²) in [4.78, 5) is 41.2. The number of carbonyl (C=O) groups excluding carboxylic acids is 2. The van der Waals surface area contributed by atoms with Crippen LogP contribution < -0.4 is 4.90 Å². The molecule has 9 nitrogen and oxygen atoms in total. The topological polar surface area (TPSA) is 98.4 Å². The number of rotatable bonds is 6.